The van der Waals surface area contributed by atoms with Crippen LogP contribution in [0.3, 0.4) is 0 Å². The van der Waals surface area contributed by atoms with Gasteiger partial charge in [-0.3, -0.25) is 14.5 Å². The van der Waals surface area contributed by atoms with E-state index >= 15 is 0 Å². The van der Waals surface area contributed by atoms with Crippen LogP contribution in [0, 0.1) is 0 Å². The Bertz CT molecular complexity index is 1030. The summed E-state index contributed by atoms with van der Waals surface area (Å²) in [5.41, 5.74) is 3.44. The normalized spacial score (nSPS) is 14.8. The molecule has 1 unspecified atom stereocenters. The van der Waals surface area contributed by atoms with Crippen LogP contribution >= 0.6 is 0 Å². The van der Waals surface area contributed by atoms with Crippen molar-refractivity contribution >= 4 is 5.91 Å². The van der Waals surface area contributed by atoms with Gasteiger partial charge in [-0.2, -0.15) is 5.10 Å². The van der Waals surface area contributed by atoms with E-state index in [4.69, 9.17) is 9.84 Å². The molecule has 31 heavy (non-hydrogen) atoms. The standard InChI is InChI=1S/C25H30N4O2/c1-17(19-9-11-21(12-10-19)31-16-18-6-5-13-26-15-18)27-24(30)23-14-22(20-7-8-20)28-29(23)25(2,3)4/h5-6,9-15,17,20H,7-8,16H2,1-4H3,(H,27,30). The first-order valence-corrected chi connectivity index (χ1v) is 10.8. The van der Waals surface area contributed by atoms with Crippen molar-refractivity contribution in [1.29, 1.82) is 0 Å². The summed E-state index contributed by atoms with van der Waals surface area (Å²) in [4.78, 5) is 17.2. The van der Waals surface area contributed by atoms with Crippen LogP contribution in [-0.4, -0.2) is 20.7 Å². The minimum atomic E-state index is -0.254. The van der Waals surface area contributed by atoms with Crippen LogP contribution in [0.2, 0.25) is 0 Å². The van der Waals surface area contributed by atoms with Gasteiger partial charge in [0.2, 0.25) is 0 Å². The zero-order valence-electron chi connectivity index (χ0n) is 18.6. The first-order chi connectivity index (χ1) is 14.8. The van der Waals surface area contributed by atoms with Crippen molar-refractivity contribution < 1.29 is 9.53 Å². The molecule has 0 bridgehead atoms. The SMILES string of the molecule is CC(NC(=O)c1cc(C2CC2)nn1C(C)(C)C)c1ccc(OCc2cccnc2)cc1. The molecule has 3 aromatic rings. The topological polar surface area (TPSA) is 69.0 Å². The lowest BCUT2D eigenvalue weighted by molar-refractivity contribution is 0.0921. The Labute approximate surface area is 183 Å². The van der Waals surface area contributed by atoms with E-state index in [0.29, 0.717) is 18.2 Å². The van der Waals surface area contributed by atoms with Crippen molar-refractivity contribution in [3.8, 4) is 5.75 Å². The summed E-state index contributed by atoms with van der Waals surface area (Å²) >= 11 is 0. The van der Waals surface area contributed by atoms with E-state index in [9.17, 15) is 4.79 Å². The number of pyridine rings is 1. The van der Waals surface area contributed by atoms with Crippen LogP contribution in [0.4, 0.5) is 0 Å². The summed E-state index contributed by atoms with van der Waals surface area (Å²) in [5.74, 6) is 1.19. The maximum atomic E-state index is 13.1. The van der Waals surface area contributed by atoms with Gasteiger partial charge < -0.3 is 10.1 Å². The third-order valence-corrected chi connectivity index (χ3v) is 5.45. The molecule has 2 heterocycles. The molecule has 6 heteroatoms. The third kappa shape index (κ3) is 5.13. The Balaban J connectivity index is 1.41. The quantitative estimate of drug-likeness (QED) is 0.587. The molecule has 0 saturated heterocycles. The fourth-order valence-electron chi connectivity index (χ4n) is 3.51. The highest BCUT2D eigenvalue weighted by Crippen LogP contribution is 2.40. The molecule has 1 amide bonds. The average molecular weight is 419 g/mol. The van der Waals surface area contributed by atoms with Crippen LogP contribution in [0.25, 0.3) is 0 Å². The van der Waals surface area contributed by atoms with Gasteiger partial charge in [0, 0.05) is 23.9 Å². The van der Waals surface area contributed by atoms with Gasteiger partial charge in [-0.05, 0) is 70.4 Å². The smallest absolute Gasteiger partial charge is 0.270 e. The highest BCUT2D eigenvalue weighted by Gasteiger charge is 2.31. The summed E-state index contributed by atoms with van der Waals surface area (Å²) in [6.07, 6.45) is 5.86. The second-order valence-electron chi connectivity index (χ2n) is 9.23. The number of rotatable bonds is 7. The van der Waals surface area contributed by atoms with Gasteiger partial charge in [0.1, 0.15) is 18.1 Å². The second-order valence-corrected chi connectivity index (χ2v) is 9.23. The summed E-state index contributed by atoms with van der Waals surface area (Å²) in [7, 11) is 0. The number of nitrogens with zero attached hydrogens (tertiary/aromatic N) is 3. The summed E-state index contributed by atoms with van der Waals surface area (Å²) < 4.78 is 7.68. The van der Waals surface area contributed by atoms with Gasteiger partial charge >= 0.3 is 0 Å². The van der Waals surface area contributed by atoms with Crippen LogP contribution in [0.15, 0.2) is 54.9 Å². The molecule has 2 aromatic heterocycles. The largest absolute Gasteiger partial charge is 0.489 e. The first kappa shape index (κ1) is 21.1. The minimum absolute atomic E-state index is 0.0984. The van der Waals surface area contributed by atoms with Crippen LogP contribution in [-0.2, 0) is 12.1 Å². The summed E-state index contributed by atoms with van der Waals surface area (Å²) in [6, 6.07) is 13.5. The van der Waals surface area contributed by atoms with Crippen molar-refractivity contribution in [2.24, 2.45) is 0 Å². The lowest BCUT2D eigenvalue weighted by atomic mass is 10.1. The molecule has 1 aliphatic rings. The predicted octanol–water partition coefficient (Wildman–Crippen LogP) is 4.98. The zero-order chi connectivity index (χ0) is 22.0. The van der Waals surface area contributed by atoms with Crippen molar-refractivity contribution in [2.75, 3.05) is 0 Å². The number of hydrogen-bond donors (Lipinski definition) is 1. The number of nitrogens with one attached hydrogen (secondary N) is 1. The van der Waals surface area contributed by atoms with E-state index in [1.165, 1.54) is 0 Å². The number of carbonyl (C=O) groups is 1. The minimum Gasteiger partial charge on any atom is -0.489 e. The van der Waals surface area contributed by atoms with Crippen molar-refractivity contribution in [2.45, 2.75) is 64.6 Å². The molecular weight excluding hydrogens is 388 g/mol. The molecule has 1 atom stereocenters. The molecule has 1 aliphatic carbocycles. The molecule has 4 rings (SSSR count). The lowest BCUT2D eigenvalue weighted by Crippen LogP contribution is -2.33. The third-order valence-electron chi connectivity index (χ3n) is 5.45. The maximum Gasteiger partial charge on any atom is 0.270 e. The monoisotopic (exact) mass is 418 g/mol. The van der Waals surface area contributed by atoms with E-state index in [1.54, 1.807) is 12.4 Å². The van der Waals surface area contributed by atoms with E-state index in [-0.39, 0.29) is 17.5 Å². The molecule has 1 N–H and O–H groups in total. The molecule has 0 aliphatic heterocycles. The zero-order valence-corrected chi connectivity index (χ0v) is 18.6. The molecule has 1 aromatic carbocycles. The van der Waals surface area contributed by atoms with Gasteiger partial charge in [-0.1, -0.05) is 18.2 Å². The number of benzene rings is 1. The van der Waals surface area contributed by atoms with Crippen molar-refractivity contribution in [3.63, 3.8) is 0 Å². The van der Waals surface area contributed by atoms with Gasteiger partial charge in [0.25, 0.3) is 5.91 Å². The lowest BCUT2D eigenvalue weighted by Gasteiger charge is -2.23. The number of aromatic nitrogens is 3. The molecule has 1 fully saturated rings. The Morgan fingerprint density at radius 3 is 2.58 bits per heavy atom. The van der Waals surface area contributed by atoms with Gasteiger partial charge in [0.15, 0.2) is 0 Å². The highest BCUT2D eigenvalue weighted by atomic mass is 16.5. The van der Waals surface area contributed by atoms with E-state index in [1.807, 2.05) is 54.1 Å². The Hall–Kier alpha value is -3.15. The molecular formula is C25H30N4O2. The van der Waals surface area contributed by atoms with E-state index in [0.717, 1.165) is 35.4 Å². The van der Waals surface area contributed by atoms with Crippen molar-refractivity contribution in [1.82, 2.24) is 20.1 Å². The van der Waals surface area contributed by atoms with E-state index in [2.05, 4.69) is 31.1 Å². The Kier molecular flexibility index (Phi) is 5.81. The van der Waals surface area contributed by atoms with Crippen LogP contribution < -0.4 is 10.1 Å². The number of amides is 1. The Morgan fingerprint density at radius 1 is 1.23 bits per heavy atom. The highest BCUT2D eigenvalue weighted by molar-refractivity contribution is 5.93. The summed E-state index contributed by atoms with van der Waals surface area (Å²) in [5, 5.41) is 7.86. The van der Waals surface area contributed by atoms with Crippen LogP contribution in [0.1, 0.15) is 79.8 Å². The molecule has 162 valence electrons. The summed E-state index contributed by atoms with van der Waals surface area (Å²) in [6.45, 7) is 8.67. The molecule has 0 spiro atoms. The molecule has 0 radical (unpaired) electrons. The number of carbonyl (C=O) groups excluding carboxylic acids is 1. The van der Waals surface area contributed by atoms with Crippen LogP contribution in [0.5, 0.6) is 5.75 Å². The predicted molar refractivity (Wildman–Crippen MR) is 120 cm³/mol. The number of ether oxygens (including phenoxy) is 1. The molecule has 1 saturated carbocycles. The maximum absolute atomic E-state index is 13.1. The van der Waals surface area contributed by atoms with Gasteiger partial charge in [-0.15, -0.1) is 0 Å². The fourth-order valence-corrected chi connectivity index (χ4v) is 3.51. The second kappa shape index (κ2) is 8.53. The van der Waals surface area contributed by atoms with Gasteiger partial charge in [0.05, 0.1) is 17.3 Å². The average Bonchev–Trinajstić information content (AvgIpc) is 3.50. The van der Waals surface area contributed by atoms with Gasteiger partial charge in [-0.25, -0.2) is 0 Å². The Morgan fingerprint density at radius 2 is 1.97 bits per heavy atom. The van der Waals surface area contributed by atoms with Crippen molar-refractivity contribution in [3.05, 3.63) is 77.4 Å². The fraction of sp³-hybridized carbons (Fsp3) is 0.400. The first-order valence-electron chi connectivity index (χ1n) is 10.8. The van der Waals surface area contributed by atoms with E-state index < -0.39 is 0 Å². The number of hydrogen-bond acceptors (Lipinski definition) is 4. The molecule has 6 nitrogen and oxygen atoms in total.